The molecule has 0 amide bonds. The lowest BCUT2D eigenvalue weighted by molar-refractivity contribution is 0.588. The van der Waals surface area contributed by atoms with Gasteiger partial charge in [0.25, 0.3) is 0 Å². The van der Waals surface area contributed by atoms with Crippen molar-refractivity contribution in [3.05, 3.63) is 53.7 Å². The molecule has 0 spiro atoms. The van der Waals surface area contributed by atoms with Gasteiger partial charge in [-0.1, -0.05) is 59.7 Å². The fourth-order valence-electron chi connectivity index (χ4n) is 2.20. The van der Waals surface area contributed by atoms with Crippen molar-refractivity contribution < 1.29 is 0 Å². The first-order chi connectivity index (χ1) is 9.18. The van der Waals surface area contributed by atoms with Crippen molar-refractivity contribution in [3.8, 4) is 11.3 Å². The van der Waals surface area contributed by atoms with Gasteiger partial charge in [-0.2, -0.15) is 0 Å². The van der Waals surface area contributed by atoms with E-state index in [1.165, 1.54) is 16.7 Å². The largest absolute Gasteiger partial charge is 0.256 e. The smallest absolute Gasteiger partial charge is 0.0704 e. The molecule has 0 fully saturated rings. The van der Waals surface area contributed by atoms with E-state index >= 15 is 0 Å². The molecule has 106 valence electrons. The number of benzene rings is 1. The first-order valence-corrected chi connectivity index (χ1v) is 7.25. The van der Waals surface area contributed by atoms with Crippen LogP contribution in [0.2, 0.25) is 0 Å². The number of pyridine rings is 1. The van der Waals surface area contributed by atoms with Crippen LogP contribution in [0.5, 0.6) is 0 Å². The molecule has 20 heavy (non-hydrogen) atoms. The van der Waals surface area contributed by atoms with Gasteiger partial charge >= 0.3 is 0 Å². The van der Waals surface area contributed by atoms with Gasteiger partial charge in [-0.3, -0.25) is 4.98 Å². The lowest BCUT2D eigenvalue weighted by atomic mass is 9.85. The van der Waals surface area contributed by atoms with E-state index in [0.29, 0.717) is 0 Å². The van der Waals surface area contributed by atoms with Crippen LogP contribution in [0, 0.1) is 0 Å². The average molecular weight is 267 g/mol. The normalized spacial score (nSPS) is 12.5. The van der Waals surface area contributed by atoms with Crippen LogP contribution in [0.25, 0.3) is 11.3 Å². The number of rotatable bonds is 1. The maximum absolute atomic E-state index is 4.55. The Kier molecular flexibility index (Phi) is 3.73. The molecule has 0 aliphatic heterocycles. The van der Waals surface area contributed by atoms with Crippen LogP contribution in [-0.4, -0.2) is 4.98 Å². The molecule has 2 aromatic rings. The van der Waals surface area contributed by atoms with Crippen molar-refractivity contribution in [3.63, 3.8) is 0 Å². The second kappa shape index (κ2) is 5.05. The van der Waals surface area contributed by atoms with Gasteiger partial charge in [0.05, 0.1) is 5.69 Å². The van der Waals surface area contributed by atoms with E-state index in [4.69, 9.17) is 0 Å². The first-order valence-electron chi connectivity index (χ1n) is 7.25. The van der Waals surface area contributed by atoms with Gasteiger partial charge in [-0.05, 0) is 40.2 Å². The Labute approximate surface area is 123 Å². The zero-order valence-electron chi connectivity index (χ0n) is 13.5. The van der Waals surface area contributed by atoms with Crippen LogP contribution < -0.4 is 0 Å². The summed E-state index contributed by atoms with van der Waals surface area (Å²) in [7, 11) is 0. The lowest BCUT2D eigenvalue weighted by Gasteiger charge is -2.21. The fourth-order valence-corrected chi connectivity index (χ4v) is 2.20. The minimum Gasteiger partial charge on any atom is -0.256 e. The molecule has 0 radical (unpaired) electrons. The van der Waals surface area contributed by atoms with Crippen molar-refractivity contribution in [2.75, 3.05) is 0 Å². The molecule has 0 unspecified atom stereocenters. The highest BCUT2D eigenvalue weighted by molar-refractivity contribution is 5.61. The summed E-state index contributed by atoms with van der Waals surface area (Å²) in [6, 6.07) is 13.0. The topological polar surface area (TPSA) is 12.9 Å². The van der Waals surface area contributed by atoms with E-state index in [0.717, 1.165) is 5.69 Å². The number of hydrogen-bond donors (Lipinski definition) is 0. The molecule has 1 heterocycles. The minimum absolute atomic E-state index is 0.152. The summed E-state index contributed by atoms with van der Waals surface area (Å²) < 4.78 is 0. The van der Waals surface area contributed by atoms with Gasteiger partial charge in [-0.15, -0.1) is 0 Å². The predicted octanol–water partition coefficient (Wildman–Crippen LogP) is 5.34. The van der Waals surface area contributed by atoms with Gasteiger partial charge in [0, 0.05) is 11.8 Å². The van der Waals surface area contributed by atoms with Crippen molar-refractivity contribution in [2.24, 2.45) is 0 Å². The van der Waals surface area contributed by atoms with E-state index < -0.39 is 0 Å². The molecule has 0 aliphatic rings. The van der Waals surface area contributed by atoms with Gasteiger partial charge in [0.15, 0.2) is 0 Å². The molecule has 0 saturated heterocycles. The number of aromatic nitrogens is 1. The SMILES string of the molecule is CC(C)(C)c1cccc(-c2cc(C(C)(C)C)ccn2)c1. The van der Waals surface area contributed by atoms with Gasteiger partial charge in [0.1, 0.15) is 0 Å². The second-order valence-electron chi connectivity index (χ2n) is 7.51. The molecule has 0 atom stereocenters. The number of hydrogen-bond acceptors (Lipinski definition) is 1. The van der Waals surface area contributed by atoms with E-state index in [2.05, 4.69) is 82.9 Å². The summed E-state index contributed by atoms with van der Waals surface area (Å²) in [5, 5.41) is 0. The molecule has 0 saturated carbocycles. The van der Waals surface area contributed by atoms with Crippen LogP contribution in [0.4, 0.5) is 0 Å². The zero-order chi connectivity index (χ0) is 15.0. The predicted molar refractivity (Wildman–Crippen MR) is 87.1 cm³/mol. The molecule has 0 aliphatic carbocycles. The zero-order valence-corrected chi connectivity index (χ0v) is 13.5. The molecular formula is C19H25N. The van der Waals surface area contributed by atoms with Crippen LogP contribution >= 0.6 is 0 Å². The van der Waals surface area contributed by atoms with Crippen LogP contribution in [0.3, 0.4) is 0 Å². The summed E-state index contributed by atoms with van der Waals surface area (Å²) in [5.74, 6) is 0. The molecular weight excluding hydrogens is 242 g/mol. The highest BCUT2D eigenvalue weighted by atomic mass is 14.7. The molecule has 0 N–H and O–H groups in total. The maximum Gasteiger partial charge on any atom is 0.0704 e. The Bertz CT molecular complexity index is 542. The maximum atomic E-state index is 4.55. The van der Waals surface area contributed by atoms with Gasteiger partial charge in [-0.25, -0.2) is 0 Å². The molecule has 1 heteroatoms. The molecule has 2 rings (SSSR count). The summed E-state index contributed by atoms with van der Waals surface area (Å²) in [5.41, 5.74) is 5.24. The van der Waals surface area contributed by atoms with E-state index in [1.807, 2.05) is 6.20 Å². The lowest BCUT2D eigenvalue weighted by Crippen LogP contribution is -2.12. The number of nitrogens with zero attached hydrogens (tertiary/aromatic N) is 1. The Morgan fingerprint density at radius 1 is 0.750 bits per heavy atom. The van der Waals surface area contributed by atoms with Gasteiger partial charge in [0.2, 0.25) is 0 Å². The van der Waals surface area contributed by atoms with Crippen LogP contribution in [0.1, 0.15) is 52.7 Å². The fraction of sp³-hybridized carbons (Fsp3) is 0.421. The monoisotopic (exact) mass is 267 g/mol. The van der Waals surface area contributed by atoms with E-state index in [9.17, 15) is 0 Å². The van der Waals surface area contributed by atoms with Crippen LogP contribution in [0.15, 0.2) is 42.6 Å². The summed E-state index contributed by atoms with van der Waals surface area (Å²) in [6.45, 7) is 13.4. The quantitative estimate of drug-likeness (QED) is 0.679. The third-order valence-corrected chi connectivity index (χ3v) is 3.65. The standard InChI is InChI=1S/C19H25N/c1-18(2,3)15-9-7-8-14(12-15)17-13-16(10-11-20-17)19(4,5)6/h7-13H,1-6H3. The Morgan fingerprint density at radius 2 is 1.35 bits per heavy atom. The van der Waals surface area contributed by atoms with Crippen LogP contribution in [-0.2, 0) is 10.8 Å². The Balaban J connectivity index is 2.47. The second-order valence-corrected chi connectivity index (χ2v) is 7.51. The Morgan fingerprint density at radius 3 is 1.95 bits per heavy atom. The van der Waals surface area contributed by atoms with E-state index in [-0.39, 0.29) is 10.8 Å². The molecule has 1 nitrogen and oxygen atoms in total. The third kappa shape index (κ3) is 3.27. The van der Waals surface area contributed by atoms with Crippen molar-refractivity contribution >= 4 is 0 Å². The average Bonchev–Trinajstić information content (AvgIpc) is 2.37. The molecule has 1 aromatic carbocycles. The van der Waals surface area contributed by atoms with Gasteiger partial charge < -0.3 is 0 Å². The molecule has 0 bridgehead atoms. The Hall–Kier alpha value is -1.63. The van der Waals surface area contributed by atoms with Crippen molar-refractivity contribution in [1.82, 2.24) is 4.98 Å². The summed E-state index contributed by atoms with van der Waals surface area (Å²) >= 11 is 0. The molecule has 1 aromatic heterocycles. The van der Waals surface area contributed by atoms with E-state index in [1.54, 1.807) is 0 Å². The van der Waals surface area contributed by atoms with Crippen molar-refractivity contribution in [1.29, 1.82) is 0 Å². The highest BCUT2D eigenvalue weighted by Gasteiger charge is 2.16. The highest BCUT2D eigenvalue weighted by Crippen LogP contribution is 2.29. The van der Waals surface area contributed by atoms with Crippen molar-refractivity contribution in [2.45, 2.75) is 52.4 Å². The summed E-state index contributed by atoms with van der Waals surface area (Å²) in [6.07, 6.45) is 1.92. The summed E-state index contributed by atoms with van der Waals surface area (Å²) in [4.78, 5) is 4.55. The third-order valence-electron chi connectivity index (χ3n) is 3.65. The first kappa shape index (κ1) is 14.8. The minimum atomic E-state index is 0.152.